The van der Waals surface area contributed by atoms with Crippen molar-refractivity contribution in [2.75, 3.05) is 53.4 Å². The van der Waals surface area contributed by atoms with E-state index in [9.17, 15) is 0 Å². The van der Waals surface area contributed by atoms with Crippen LogP contribution in [0.2, 0.25) is 0 Å². The van der Waals surface area contributed by atoms with Crippen molar-refractivity contribution in [3.8, 4) is 0 Å². The minimum atomic E-state index is 0.915. The second kappa shape index (κ2) is 4.60. The van der Waals surface area contributed by atoms with Crippen molar-refractivity contribution in [3.05, 3.63) is 0 Å². The largest absolute Gasteiger partial charge is 0.316 e. The molecular formula is C11H23N3. The number of likely N-dealkylation sites (tertiary alicyclic amines) is 1. The lowest BCUT2D eigenvalue weighted by Gasteiger charge is -2.32. The zero-order chi connectivity index (χ0) is 9.97. The molecule has 0 amide bonds. The van der Waals surface area contributed by atoms with Gasteiger partial charge in [-0.05, 0) is 38.9 Å². The van der Waals surface area contributed by atoms with Gasteiger partial charge in [-0.3, -0.25) is 0 Å². The zero-order valence-electron chi connectivity index (χ0n) is 9.50. The molecular weight excluding hydrogens is 174 g/mol. The summed E-state index contributed by atoms with van der Waals surface area (Å²) in [5.41, 5.74) is 0. The lowest BCUT2D eigenvalue weighted by molar-refractivity contribution is 0.200. The van der Waals surface area contributed by atoms with E-state index >= 15 is 0 Å². The molecule has 3 nitrogen and oxygen atoms in total. The fourth-order valence-electron chi connectivity index (χ4n) is 2.61. The Labute approximate surface area is 87.4 Å². The normalized spacial score (nSPS) is 29.8. The summed E-state index contributed by atoms with van der Waals surface area (Å²) in [6.45, 7) is 7.63. The van der Waals surface area contributed by atoms with Gasteiger partial charge in [-0.15, -0.1) is 0 Å². The van der Waals surface area contributed by atoms with E-state index in [-0.39, 0.29) is 0 Å². The Hall–Kier alpha value is -0.120. The number of hydrogen-bond donors (Lipinski definition) is 1. The van der Waals surface area contributed by atoms with Crippen LogP contribution in [-0.4, -0.2) is 63.2 Å². The highest BCUT2D eigenvalue weighted by atomic mass is 15.2. The van der Waals surface area contributed by atoms with Gasteiger partial charge in [0.05, 0.1) is 0 Å². The summed E-state index contributed by atoms with van der Waals surface area (Å²) < 4.78 is 0. The molecule has 0 aromatic rings. The van der Waals surface area contributed by atoms with Gasteiger partial charge in [-0.1, -0.05) is 0 Å². The fourth-order valence-corrected chi connectivity index (χ4v) is 2.61. The van der Waals surface area contributed by atoms with Crippen LogP contribution in [0.1, 0.15) is 6.42 Å². The topological polar surface area (TPSA) is 18.5 Å². The standard InChI is InChI=1S/C11H23N3/c1-13-4-3-10(7-13)8-14(2)9-11-5-12-6-11/h10-12H,3-9H2,1-2H3. The molecule has 0 aliphatic carbocycles. The van der Waals surface area contributed by atoms with Crippen LogP contribution in [0, 0.1) is 11.8 Å². The molecule has 1 unspecified atom stereocenters. The highest BCUT2D eigenvalue weighted by Gasteiger charge is 2.23. The number of hydrogen-bond acceptors (Lipinski definition) is 3. The van der Waals surface area contributed by atoms with E-state index in [0.717, 1.165) is 11.8 Å². The van der Waals surface area contributed by atoms with E-state index in [2.05, 4.69) is 29.2 Å². The van der Waals surface area contributed by atoms with Gasteiger partial charge in [0.15, 0.2) is 0 Å². The molecule has 2 heterocycles. The summed E-state index contributed by atoms with van der Waals surface area (Å²) in [5, 5.41) is 3.33. The van der Waals surface area contributed by atoms with Crippen LogP contribution in [0.3, 0.4) is 0 Å². The summed E-state index contributed by atoms with van der Waals surface area (Å²) in [5.74, 6) is 1.83. The SMILES string of the molecule is CN1CCC(CN(C)CC2CNC2)C1. The smallest absolute Gasteiger partial charge is 0.00311 e. The first-order chi connectivity index (χ1) is 6.74. The van der Waals surface area contributed by atoms with Gasteiger partial charge in [0, 0.05) is 32.7 Å². The molecule has 14 heavy (non-hydrogen) atoms. The first-order valence-corrected chi connectivity index (χ1v) is 5.82. The molecule has 1 N–H and O–H groups in total. The molecule has 2 aliphatic rings. The van der Waals surface area contributed by atoms with Crippen LogP contribution < -0.4 is 5.32 Å². The Kier molecular flexibility index (Phi) is 3.42. The van der Waals surface area contributed by atoms with E-state index in [1.807, 2.05) is 0 Å². The van der Waals surface area contributed by atoms with E-state index in [1.54, 1.807) is 0 Å². The maximum Gasteiger partial charge on any atom is 0.00311 e. The lowest BCUT2D eigenvalue weighted by atomic mass is 10.0. The maximum atomic E-state index is 3.33. The van der Waals surface area contributed by atoms with Crippen molar-refractivity contribution in [1.82, 2.24) is 15.1 Å². The minimum Gasteiger partial charge on any atom is -0.316 e. The van der Waals surface area contributed by atoms with Crippen molar-refractivity contribution >= 4 is 0 Å². The van der Waals surface area contributed by atoms with E-state index in [0.29, 0.717) is 0 Å². The molecule has 0 saturated carbocycles. The second-order valence-electron chi connectivity index (χ2n) is 5.16. The van der Waals surface area contributed by atoms with Crippen LogP contribution in [0.25, 0.3) is 0 Å². The highest BCUT2D eigenvalue weighted by Crippen LogP contribution is 2.16. The monoisotopic (exact) mass is 197 g/mol. The third kappa shape index (κ3) is 2.69. The van der Waals surface area contributed by atoms with Gasteiger partial charge in [0.2, 0.25) is 0 Å². The number of rotatable bonds is 4. The Balaban J connectivity index is 1.63. The predicted molar refractivity (Wildman–Crippen MR) is 59.5 cm³/mol. The summed E-state index contributed by atoms with van der Waals surface area (Å²) in [6.07, 6.45) is 1.39. The quantitative estimate of drug-likeness (QED) is 0.689. The van der Waals surface area contributed by atoms with Gasteiger partial charge < -0.3 is 15.1 Å². The van der Waals surface area contributed by atoms with Crippen LogP contribution in [-0.2, 0) is 0 Å². The minimum absolute atomic E-state index is 0.915. The Morgan fingerprint density at radius 1 is 1.29 bits per heavy atom. The van der Waals surface area contributed by atoms with Gasteiger partial charge >= 0.3 is 0 Å². The summed E-state index contributed by atoms with van der Waals surface area (Å²) >= 11 is 0. The Bertz CT molecular complexity index is 179. The predicted octanol–water partition coefficient (Wildman–Crippen LogP) is 0.0893. The molecule has 3 heteroatoms. The molecule has 0 spiro atoms. The molecule has 82 valence electrons. The Morgan fingerprint density at radius 2 is 2.00 bits per heavy atom. The molecule has 0 radical (unpaired) electrons. The second-order valence-corrected chi connectivity index (χ2v) is 5.16. The zero-order valence-corrected chi connectivity index (χ0v) is 9.50. The average molecular weight is 197 g/mol. The molecule has 2 aliphatic heterocycles. The molecule has 2 fully saturated rings. The van der Waals surface area contributed by atoms with Crippen LogP contribution in [0.5, 0.6) is 0 Å². The van der Waals surface area contributed by atoms with Crippen molar-refractivity contribution in [2.45, 2.75) is 6.42 Å². The van der Waals surface area contributed by atoms with E-state index < -0.39 is 0 Å². The maximum absolute atomic E-state index is 3.33. The Morgan fingerprint density at radius 3 is 2.50 bits per heavy atom. The molecule has 2 rings (SSSR count). The molecule has 1 atom stereocenters. The van der Waals surface area contributed by atoms with Gasteiger partial charge in [-0.2, -0.15) is 0 Å². The summed E-state index contributed by atoms with van der Waals surface area (Å²) in [4.78, 5) is 4.97. The molecule has 0 bridgehead atoms. The first-order valence-electron chi connectivity index (χ1n) is 5.82. The van der Waals surface area contributed by atoms with Crippen molar-refractivity contribution in [3.63, 3.8) is 0 Å². The first kappa shape index (κ1) is 10.4. The molecule has 0 aromatic carbocycles. The van der Waals surface area contributed by atoms with E-state index in [1.165, 1.54) is 45.7 Å². The van der Waals surface area contributed by atoms with Crippen LogP contribution in [0.15, 0.2) is 0 Å². The van der Waals surface area contributed by atoms with Crippen LogP contribution >= 0.6 is 0 Å². The van der Waals surface area contributed by atoms with Crippen molar-refractivity contribution < 1.29 is 0 Å². The van der Waals surface area contributed by atoms with Gasteiger partial charge in [0.25, 0.3) is 0 Å². The van der Waals surface area contributed by atoms with Gasteiger partial charge in [0.1, 0.15) is 0 Å². The summed E-state index contributed by atoms with van der Waals surface area (Å²) in [7, 11) is 4.51. The molecule has 2 saturated heterocycles. The number of nitrogens with one attached hydrogen (secondary N) is 1. The van der Waals surface area contributed by atoms with Crippen LogP contribution in [0.4, 0.5) is 0 Å². The van der Waals surface area contributed by atoms with Crippen molar-refractivity contribution in [1.29, 1.82) is 0 Å². The summed E-state index contributed by atoms with van der Waals surface area (Å²) in [6, 6.07) is 0. The third-order valence-corrected chi connectivity index (χ3v) is 3.49. The third-order valence-electron chi connectivity index (χ3n) is 3.49. The lowest BCUT2D eigenvalue weighted by Crippen LogP contribution is -2.48. The molecule has 0 aromatic heterocycles. The van der Waals surface area contributed by atoms with Gasteiger partial charge in [-0.25, -0.2) is 0 Å². The van der Waals surface area contributed by atoms with Crippen molar-refractivity contribution in [2.24, 2.45) is 11.8 Å². The van der Waals surface area contributed by atoms with E-state index in [4.69, 9.17) is 0 Å². The average Bonchev–Trinajstić information content (AvgIpc) is 2.44. The highest BCUT2D eigenvalue weighted by molar-refractivity contribution is 4.80. The number of nitrogens with zero attached hydrogens (tertiary/aromatic N) is 2. The fraction of sp³-hybridized carbons (Fsp3) is 1.00.